The molecule has 21 heavy (non-hydrogen) atoms. The fraction of sp³-hybridized carbons (Fsp3) is 0.684. The molecule has 3 atom stereocenters. The summed E-state index contributed by atoms with van der Waals surface area (Å²) in [4.78, 5) is 2.61. The molecule has 0 saturated heterocycles. The van der Waals surface area contributed by atoms with Crippen LogP contribution < -0.4 is 10.6 Å². The van der Waals surface area contributed by atoms with Gasteiger partial charge in [-0.15, -0.1) is 0 Å². The van der Waals surface area contributed by atoms with Crippen LogP contribution in [0.25, 0.3) is 0 Å². The number of hydrogen-bond donors (Lipinski definition) is 1. The van der Waals surface area contributed by atoms with Gasteiger partial charge in [0.2, 0.25) is 0 Å². The highest BCUT2D eigenvalue weighted by Gasteiger charge is 2.30. The molecule has 0 spiro atoms. The normalized spacial score (nSPS) is 29.3. The quantitative estimate of drug-likeness (QED) is 0.913. The molecule has 2 aliphatic rings. The van der Waals surface area contributed by atoms with Crippen molar-refractivity contribution >= 4 is 5.69 Å². The average Bonchev–Trinajstić information content (AvgIpc) is 2.49. The maximum absolute atomic E-state index is 6.43. The van der Waals surface area contributed by atoms with Gasteiger partial charge in [0.1, 0.15) is 0 Å². The first-order chi connectivity index (χ1) is 10.2. The van der Waals surface area contributed by atoms with Crippen molar-refractivity contribution in [2.75, 3.05) is 18.0 Å². The minimum absolute atomic E-state index is 0.406. The van der Waals surface area contributed by atoms with Gasteiger partial charge in [0, 0.05) is 24.8 Å². The van der Waals surface area contributed by atoms with E-state index in [2.05, 4.69) is 36.9 Å². The summed E-state index contributed by atoms with van der Waals surface area (Å²) in [5, 5.41) is 0. The van der Waals surface area contributed by atoms with Crippen molar-refractivity contribution < 1.29 is 0 Å². The van der Waals surface area contributed by atoms with Crippen LogP contribution in [-0.2, 0) is 6.42 Å². The van der Waals surface area contributed by atoms with Crippen molar-refractivity contribution in [2.45, 2.75) is 58.4 Å². The lowest BCUT2D eigenvalue weighted by Gasteiger charge is -2.40. The van der Waals surface area contributed by atoms with E-state index in [0.29, 0.717) is 12.0 Å². The molecule has 1 aromatic carbocycles. The number of nitrogens with zero attached hydrogens (tertiary/aromatic N) is 1. The van der Waals surface area contributed by atoms with Crippen LogP contribution in [0.15, 0.2) is 18.2 Å². The number of rotatable bonds is 3. The molecule has 1 aromatic rings. The first-order valence-corrected chi connectivity index (χ1v) is 8.77. The zero-order valence-corrected chi connectivity index (χ0v) is 13.6. The molecule has 0 aromatic heterocycles. The van der Waals surface area contributed by atoms with Crippen molar-refractivity contribution in [3.63, 3.8) is 0 Å². The summed E-state index contributed by atoms with van der Waals surface area (Å²) in [5.74, 6) is 1.58. The molecule has 116 valence electrons. The molecule has 2 nitrogen and oxygen atoms in total. The van der Waals surface area contributed by atoms with Gasteiger partial charge >= 0.3 is 0 Å². The summed E-state index contributed by atoms with van der Waals surface area (Å²) in [7, 11) is 0. The molecular formula is C19H30N2. The zero-order chi connectivity index (χ0) is 14.8. The Morgan fingerprint density at radius 3 is 2.95 bits per heavy atom. The SMILES string of the molecule is CCC1CCC(N)C(CN2CCCc3cc(C)ccc32)C1. The number of benzene rings is 1. The van der Waals surface area contributed by atoms with Crippen LogP contribution in [0.3, 0.4) is 0 Å². The Morgan fingerprint density at radius 1 is 1.29 bits per heavy atom. The first-order valence-electron chi connectivity index (χ1n) is 8.77. The van der Waals surface area contributed by atoms with E-state index in [4.69, 9.17) is 5.73 Å². The van der Waals surface area contributed by atoms with Gasteiger partial charge in [-0.1, -0.05) is 31.0 Å². The van der Waals surface area contributed by atoms with Gasteiger partial charge in [-0.25, -0.2) is 0 Å². The van der Waals surface area contributed by atoms with E-state index in [0.717, 1.165) is 12.5 Å². The lowest BCUT2D eigenvalue weighted by molar-refractivity contribution is 0.230. The monoisotopic (exact) mass is 286 g/mol. The Morgan fingerprint density at radius 2 is 2.14 bits per heavy atom. The highest BCUT2D eigenvalue weighted by molar-refractivity contribution is 5.56. The second-order valence-corrected chi connectivity index (χ2v) is 7.19. The lowest BCUT2D eigenvalue weighted by Crippen LogP contribution is -2.44. The molecule has 0 bridgehead atoms. The van der Waals surface area contributed by atoms with Crippen LogP contribution in [0.4, 0.5) is 5.69 Å². The summed E-state index contributed by atoms with van der Waals surface area (Å²) in [6, 6.07) is 7.36. The molecular weight excluding hydrogens is 256 g/mol. The van der Waals surface area contributed by atoms with Crippen LogP contribution in [0.1, 0.15) is 50.2 Å². The average molecular weight is 286 g/mol. The molecule has 3 rings (SSSR count). The third-order valence-electron chi connectivity index (χ3n) is 5.63. The maximum atomic E-state index is 6.43. The van der Waals surface area contributed by atoms with Crippen molar-refractivity contribution in [2.24, 2.45) is 17.6 Å². The predicted octanol–water partition coefficient (Wildman–Crippen LogP) is 3.90. The second kappa shape index (κ2) is 6.39. The topological polar surface area (TPSA) is 29.3 Å². The van der Waals surface area contributed by atoms with Crippen LogP contribution in [0.2, 0.25) is 0 Å². The van der Waals surface area contributed by atoms with E-state index in [1.165, 1.54) is 61.9 Å². The van der Waals surface area contributed by atoms with Gasteiger partial charge < -0.3 is 10.6 Å². The smallest absolute Gasteiger partial charge is 0.0399 e. The summed E-state index contributed by atoms with van der Waals surface area (Å²) in [6.45, 7) is 6.89. The molecule has 2 heteroatoms. The number of anilines is 1. The van der Waals surface area contributed by atoms with E-state index in [1.807, 2.05) is 0 Å². The maximum Gasteiger partial charge on any atom is 0.0399 e. The standard InChI is InChI=1S/C19H30N2/c1-3-15-7-8-18(20)17(12-15)13-21-10-4-5-16-11-14(2)6-9-19(16)21/h6,9,11,15,17-18H,3-5,7-8,10,12-13,20H2,1-2H3. The molecule has 3 unspecified atom stereocenters. The Hall–Kier alpha value is -1.02. The Bertz CT molecular complexity index is 482. The van der Waals surface area contributed by atoms with Crippen molar-refractivity contribution in [3.8, 4) is 0 Å². The van der Waals surface area contributed by atoms with Gasteiger partial charge in [0.25, 0.3) is 0 Å². The van der Waals surface area contributed by atoms with E-state index in [1.54, 1.807) is 0 Å². The van der Waals surface area contributed by atoms with E-state index >= 15 is 0 Å². The van der Waals surface area contributed by atoms with E-state index < -0.39 is 0 Å². The highest BCUT2D eigenvalue weighted by Crippen LogP contribution is 2.34. The van der Waals surface area contributed by atoms with Crippen LogP contribution in [0.5, 0.6) is 0 Å². The van der Waals surface area contributed by atoms with Crippen LogP contribution in [0, 0.1) is 18.8 Å². The van der Waals surface area contributed by atoms with Gasteiger partial charge in [-0.3, -0.25) is 0 Å². The number of fused-ring (bicyclic) bond motifs is 1. The second-order valence-electron chi connectivity index (χ2n) is 7.19. The predicted molar refractivity (Wildman–Crippen MR) is 90.8 cm³/mol. The summed E-state index contributed by atoms with van der Waals surface area (Å²) in [5.41, 5.74) is 10.8. The fourth-order valence-corrected chi connectivity index (χ4v) is 4.24. The number of hydrogen-bond acceptors (Lipinski definition) is 2. The Balaban J connectivity index is 1.73. The molecule has 1 fully saturated rings. The summed E-state index contributed by atoms with van der Waals surface area (Å²) >= 11 is 0. The van der Waals surface area contributed by atoms with Crippen LogP contribution >= 0.6 is 0 Å². The molecule has 1 aliphatic carbocycles. The van der Waals surface area contributed by atoms with Gasteiger partial charge in [-0.2, -0.15) is 0 Å². The molecule has 1 aliphatic heterocycles. The third kappa shape index (κ3) is 3.26. The first kappa shape index (κ1) is 14.9. The lowest BCUT2D eigenvalue weighted by atomic mass is 9.77. The Kier molecular flexibility index (Phi) is 4.54. The zero-order valence-electron chi connectivity index (χ0n) is 13.6. The van der Waals surface area contributed by atoms with Crippen molar-refractivity contribution in [1.29, 1.82) is 0 Å². The molecule has 0 radical (unpaired) electrons. The summed E-state index contributed by atoms with van der Waals surface area (Å²) < 4.78 is 0. The molecule has 1 saturated carbocycles. The number of nitrogens with two attached hydrogens (primary N) is 1. The van der Waals surface area contributed by atoms with Gasteiger partial charge in [0.05, 0.1) is 0 Å². The minimum atomic E-state index is 0.406. The highest BCUT2D eigenvalue weighted by atomic mass is 15.1. The summed E-state index contributed by atoms with van der Waals surface area (Å²) in [6.07, 6.45) is 7.73. The van der Waals surface area contributed by atoms with E-state index in [9.17, 15) is 0 Å². The third-order valence-corrected chi connectivity index (χ3v) is 5.63. The largest absolute Gasteiger partial charge is 0.371 e. The van der Waals surface area contributed by atoms with Gasteiger partial charge in [0.15, 0.2) is 0 Å². The minimum Gasteiger partial charge on any atom is -0.371 e. The Labute approximate surface area is 129 Å². The molecule has 1 heterocycles. The van der Waals surface area contributed by atoms with Gasteiger partial charge in [-0.05, 0) is 62.5 Å². The fourth-order valence-electron chi connectivity index (χ4n) is 4.24. The van der Waals surface area contributed by atoms with Crippen molar-refractivity contribution in [1.82, 2.24) is 0 Å². The number of aryl methyl sites for hydroxylation is 2. The molecule has 0 amide bonds. The molecule has 2 N–H and O–H groups in total. The van der Waals surface area contributed by atoms with Crippen molar-refractivity contribution in [3.05, 3.63) is 29.3 Å². The van der Waals surface area contributed by atoms with E-state index in [-0.39, 0.29) is 0 Å². The van der Waals surface area contributed by atoms with Crippen LogP contribution in [-0.4, -0.2) is 19.1 Å².